The molecule has 0 radical (unpaired) electrons. The molecule has 7 heteroatoms. The van der Waals surface area contributed by atoms with Gasteiger partial charge in [0.2, 0.25) is 0 Å². The molecule has 1 saturated heterocycles. The first-order valence-electron chi connectivity index (χ1n) is 9.55. The second-order valence-corrected chi connectivity index (χ2v) is 7.75. The van der Waals surface area contributed by atoms with Crippen molar-refractivity contribution in [2.75, 3.05) is 13.2 Å². The third-order valence-electron chi connectivity index (χ3n) is 5.76. The highest BCUT2D eigenvalue weighted by Crippen LogP contribution is 2.35. The Balaban J connectivity index is 1.67. The Labute approximate surface area is 154 Å². The number of nitrogens with two attached hydrogens (primary N) is 2. The molecule has 1 aliphatic heterocycles. The highest BCUT2D eigenvalue weighted by atomic mass is 16.5. The van der Waals surface area contributed by atoms with E-state index >= 15 is 0 Å². The summed E-state index contributed by atoms with van der Waals surface area (Å²) in [6, 6.07) is 2.20. The maximum atomic E-state index is 6.66. The molecule has 3 heterocycles. The molecule has 0 unspecified atom stereocenters. The minimum absolute atomic E-state index is 0.244. The number of aryl methyl sites for hydroxylation is 1. The number of rotatable bonds is 3. The molecular weight excluding hydrogens is 328 g/mol. The lowest BCUT2D eigenvalue weighted by atomic mass is 9.79. The van der Waals surface area contributed by atoms with Crippen LogP contribution in [0.5, 0.6) is 0 Å². The van der Waals surface area contributed by atoms with Crippen LogP contribution in [0.25, 0.3) is 11.3 Å². The summed E-state index contributed by atoms with van der Waals surface area (Å²) in [5.74, 6) is 1.14. The molecule has 4 rings (SSSR count). The molecule has 0 atom stereocenters. The van der Waals surface area contributed by atoms with Gasteiger partial charge in [-0.3, -0.25) is 4.68 Å². The lowest BCUT2D eigenvalue weighted by Gasteiger charge is -2.34. The molecule has 0 spiro atoms. The van der Waals surface area contributed by atoms with E-state index in [1.165, 1.54) is 0 Å². The highest BCUT2D eigenvalue weighted by molar-refractivity contribution is 5.62. The molecule has 0 aromatic carbocycles. The van der Waals surface area contributed by atoms with E-state index in [4.69, 9.17) is 26.3 Å². The monoisotopic (exact) mass is 356 g/mol. The van der Waals surface area contributed by atoms with E-state index in [1.807, 2.05) is 24.0 Å². The summed E-state index contributed by atoms with van der Waals surface area (Å²) < 4.78 is 7.38. The quantitative estimate of drug-likeness (QED) is 0.869. The predicted molar refractivity (Wildman–Crippen MR) is 99.3 cm³/mol. The van der Waals surface area contributed by atoms with E-state index in [1.54, 1.807) is 0 Å². The summed E-state index contributed by atoms with van der Waals surface area (Å²) in [7, 11) is 1.96. The fraction of sp³-hybridized carbons (Fsp3) is 0.632. The number of hydrogen-bond donors (Lipinski definition) is 2. The van der Waals surface area contributed by atoms with Crippen molar-refractivity contribution in [1.29, 1.82) is 0 Å². The van der Waals surface area contributed by atoms with Gasteiger partial charge < -0.3 is 16.2 Å². The van der Waals surface area contributed by atoms with Crippen molar-refractivity contribution in [2.24, 2.45) is 18.5 Å². The Morgan fingerprint density at radius 1 is 1.19 bits per heavy atom. The third-order valence-corrected chi connectivity index (χ3v) is 5.76. The standard InChI is InChI=1S/C19H28N6O/c1-25-12-15(17(24-25)13-5-10-26-11-6-13)16-4-9-22-18(23-16)19(21)7-2-14(20)3-8-19/h4,9,12-14H,2-3,5-8,10-11,20-21H2,1H3. The topological polar surface area (TPSA) is 105 Å². The molecule has 4 N–H and O–H groups in total. The summed E-state index contributed by atoms with van der Waals surface area (Å²) >= 11 is 0. The lowest BCUT2D eigenvalue weighted by Crippen LogP contribution is -2.44. The Bertz CT molecular complexity index is 759. The van der Waals surface area contributed by atoms with Crippen molar-refractivity contribution in [1.82, 2.24) is 19.7 Å². The van der Waals surface area contributed by atoms with Crippen LogP contribution in [0.1, 0.15) is 56.0 Å². The van der Waals surface area contributed by atoms with E-state index in [0.29, 0.717) is 5.92 Å². The maximum Gasteiger partial charge on any atom is 0.148 e. The highest BCUT2D eigenvalue weighted by Gasteiger charge is 2.35. The Kier molecular flexibility index (Phi) is 4.77. The van der Waals surface area contributed by atoms with Crippen LogP contribution in [-0.4, -0.2) is 39.0 Å². The largest absolute Gasteiger partial charge is 0.381 e. The molecule has 140 valence electrons. The van der Waals surface area contributed by atoms with Gasteiger partial charge in [0.15, 0.2) is 0 Å². The molecule has 2 aromatic rings. The first-order valence-corrected chi connectivity index (χ1v) is 9.55. The Hall–Kier alpha value is -1.83. The predicted octanol–water partition coefficient (Wildman–Crippen LogP) is 1.83. The minimum atomic E-state index is -0.479. The van der Waals surface area contributed by atoms with E-state index in [-0.39, 0.29) is 6.04 Å². The zero-order valence-corrected chi connectivity index (χ0v) is 15.4. The van der Waals surface area contributed by atoms with Crippen LogP contribution in [0.15, 0.2) is 18.5 Å². The van der Waals surface area contributed by atoms with Gasteiger partial charge in [0, 0.05) is 50.2 Å². The number of nitrogens with zero attached hydrogens (tertiary/aromatic N) is 4. The normalized spacial score (nSPS) is 27.6. The Morgan fingerprint density at radius 3 is 2.65 bits per heavy atom. The van der Waals surface area contributed by atoms with E-state index in [2.05, 4.69) is 11.2 Å². The molecule has 7 nitrogen and oxygen atoms in total. The van der Waals surface area contributed by atoms with Gasteiger partial charge in [-0.1, -0.05) is 0 Å². The molecular formula is C19H28N6O. The van der Waals surface area contributed by atoms with Crippen LogP contribution in [0.3, 0.4) is 0 Å². The van der Waals surface area contributed by atoms with Crippen molar-refractivity contribution in [3.63, 3.8) is 0 Å². The first kappa shape index (κ1) is 17.6. The van der Waals surface area contributed by atoms with E-state index < -0.39 is 5.54 Å². The summed E-state index contributed by atoms with van der Waals surface area (Å²) in [5.41, 5.74) is 15.3. The molecule has 2 aromatic heterocycles. The average Bonchev–Trinajstić information content (AvgIpc) is 3.07. The lowest BCUT2D eigenvalue weighted by molar-refractivity contribution is 0.0845. The van der Waals surface area contributed by atoms with Crippen LogP contribution in [0, 0.1) is 0 Å². The summed E-state index contributed by atoms with van der Waals surface area (Å²) in [4.78, 5) is 9.38. The van der Waals surface area contributed by atoms with Crippen LogP contribution in [0.4, 0.5) is 0 Å². The summed E-state index contributed by atoms with van der Waals surface area (Å²) in [6.07, 6.45) is 9.38. The van der Waals surface area contributed by atoms with E-state index in [9.17, 15) is 0 Å². The second kappa shape index (κ2) is 7.06. The van der Waals surface area contributed by atoms with Gasteiger partial charge in [0.1, 0.15) is 5.82 Å². The smallest absolute Gasteiger partial charge is 0.148 e. The first-order chi connectivity index (χ1) is 12.5. The van der Waals surface area contributed by atoms with E-state index in [0.717, 1.165) is 74.5 Å². The SMILES string of the molecule is Cn1cc(-c2ccnc(C3(N)CCC(N)CC3)n2)c(C2CCOCC2)n1. The molecule has 0 bridgehead atoms. The van der Waals surface area contributed by atoms with Gasteiger partial charge in [-0.2, -0.15) is 5.10 Å². The van der Waals surface area contributed by atoms with Gasteiger partial charge in [-0.25, -0.2) is 9.97 Å². The van der Waals surface area contributed by atoms with Crippen LogP contribution < -0.4 is 11.5 Å². The van der Waals surface area contributed by atoms with Crippen molar-refractivity contribution < 1.29 is 4.74 Å². The molecule has 26 heavy (non-hydrogen) atoms. The van der Waals surface area contributed by atoms with Crippen LogP contribution >= 0.6 is 0 Å². The number of aromatic nitrogens is 4. The van der Waals surface area contributed by atoms with Crippen molar-refractivity contribution in [2.45, 2.75) is 56.0 Å². The van der Waals surface area contributed by atoms with Gasteiger partial charge in [0.05, 0.1) is 16.9 Å². The molecule has 0 amide bonds. The van der Waals surface area contributed by atoms with Crippen molar-refractivity contribution in [3.05, 3.63) is 30.0 Å². The molecule has 1 saturated carbocycles. The van der Waals surface area contributed by atoms with Gasteiger partial charge in [-0.15, -0.1) is 0 Å². The average molecular weight is 356 g/mol. The number of hydrogen-bond acceptors (Lipinski definition) is 6. The second-order valence-electron chi connectivity index (χ2n) is 7.75. The fourth-order valence-electron chi connectivity index (χ4n) is 4.10. The van der Waals surface area contributed by atoms with Crippen molar-refractivity contribution in [3.8, 4) is 11.3 Å². The minimum Gasteiger partial charge on any atom is -0.381 e. The molecule has 2 fully saturated rings. The third kappa shape index (κ3) is 3.39. The summed E-state index contributed by atoms with van der Waals surface area (Å²) in [6.45, 7) is 1.59. The van der Waals surface area contributed by atoms with Crippen LogP contribution in [0.2, 0.25) is 0 Å². The maximum absolute atomic E-state index is 6.66. The summed E-state index contributed by atoms with van der Waals surface area (Å²) in [5, 5.41) is 4.73. The van der Waals surface area contributed by atoms with Gasteiger partial charge in [-0.05, 0) is 44.6 Å². The van der Waals surface area contributed by atoms with Crippen LogP contribution in [-0.2, 0) is 17.3 Å². The van der Waals surface area contributed by atoms with Gasteiger partial charge in [0.25, 0.3) is 0 Å². The van der Waals surface area contributed by atoms with Gasteiger partial charge >= 0.3 is 0 Å². The molecule has 2 aliphatic rings. The van der Waals surface area contributed by atoms with Crippen molar-refractivity contribution >= 4 is 0 Å². The Morgan fingerprint density at radius 2 is 1.92 bits per heavy atom. The number of ether oxygens (including phenoxy) is 1. The fourth-order valence-corrected chi connectivity index (χ4v) is 4.10. The zero-order valence-electron chi connectivity index (χ0n) is 15.4. The zero-order chi connectivity index (χ0) is 18.1. The molecule has 1 aliphatic carbocycles.